The van der Waals surface area contributed by atoms with Gasteiger partial charge in [-0.1, -0.05) is 13.8 Å². The van der Waals surface area contributed by atoms with Crippen molar-refractivity contribution in [1.29, 1.82) is 0 Å². The molecule has 0 aliphatic heterocycles. The van der Waals surface area contributed by atoms with Gasteiger partial charge in [-0.2, -0.15) is 0 Å². The van der Waals surface area contributed by atoms with Crippen LogP contribution < -0.4 is 10.6 Å². The fourth-order valence-corrected chi connectivity index (χ4v) is 1.96. The number of halogens is 1. The largest absolute Gasteiger partial charge is 0.382 e. The van der Waals surface area contributed by atoms with E-state index in [4.69, 9.17) is 9.47 Å². The molecule has 0 radical (unpaired) electrons. The van der Waals surface area contributed by atoms with E-state index in [9.17, 15) is 0 Å². The molecule has 0 fully saturated rings. The summed E-state index contributed by atoms with van der Waals surface area (Å²) in [6.45, 7) is 12.7. The predicted octanol–water partition coefficient (Wildman–Crippen LogP) is 3.43. The lowest BCUT2D eigenvalue weighted by Gasteiger charge is -2.18. The van der Waals surface area contributed by atoms with Gasteiger partial charge in [0.05, 0.1) is 13.2 Å². The molecular formula is C17H38IN3O2. The topological polar surface area (TPSA) is 54.9 Å². The Morgan fingerprint density at radius 3 is 2.39 bits per heavy atom. The number of unbranched alkanes of at least 4 members (excludes halogenated alkanes) is 1. The maximum absolute atomic E-state index is 5.44. The van der Waals surface area contributed by atoms with Crippen molar-refractivity contribution in [3.05, 3.63) is 0 Å². The van der Waals surface area contributed by atoms with E-state index in [0.717, 1.165) is 44.4 Å². The van der Waals surface area contributed by atoms with Gasteiger partial charge in [0.15, 0.2) is 5.96 Å². The summed E-state index contributed by atoms with van der Waals surface area (Å²) in [6.07, 6.45) is 4.50. The van der Waals surface area contributed by atoms with Crippen molar-refractivity contribution < 1.29 is 9.47 Å². The first-order valence-electron chi connectivity index (χ1n) is 8.71. The smallest absolute Gasteiger partial charge is 0.191 e. The highest BCUT2D eigenvalue weighted by Gasteiger charge is 2.05. The van der Waals surface area contributed by atoms with Gasteiger partial charge in [-0.25, -0.2) is 0 Å². The highest BCUT2D eigenvalue weighted by Crippen LogP contribution is 2.06. The number of aliphatic imine (C=N–C) groups is 1. The zero-order valence-corrected chi connectivity index (χ0v) is 18.0. The number of methoxy groups -OCH3 is 1. The van der Waals surface area contributed by atoms with Crippen LogP contribution >= 0.6 is 24.0 Å². The van der Waals surface area contributed by atoms with Crippen LogP contribution in [0.3, 0.4) is 0 Å². The van der Waals surface area contributed by atoms with Gasteiger partial charge in [-0.05, 0) is 45.4 Å². The van der Waals surface area contributed by atoms with Gasteiger partial charge in [0, 0.05) is 32.8 Å². The van der Waals surface area contributed by atoms with Crippen LogP contribution in [0.4, 0.5) is 0 Å². The van der Waals surface area contributed by atoms with E-state index in [0.29, 0.717) is 19.3 Å². The van der Waals surface area contributed by atoms with Crippen molar-refractivity contribution in [1.82, 2.24) is 10.6 Å². The molecule has 0 spiro atoms. The molecule has 1 unspecified atom stereocenters. The third kappa shape index (κ3) is 18.1. The Balaban J connectivity index is 0. The summed E-state index contributed by atoms with van der Waals surface area (Å²) in [7, 11) is 1.69. The number of ether oxygens (including phenoxy) is 2. The molecule has 0 aromatic heterocycles. The molecule has 0 saturated carbocycles. The minimum Gasteiger partial charge on any atom is -0.382 e. The molecule has 5 nitrogen and oxygen atoms in total. The molecule has 23 heavy (non-hydrogen) atoms. The molecule has 140 valence electrons. The van der Waals surface area contributed by atoms with Crippen LogP contribution in [0, 0.1) is 5.92 Å². The Morgan fingerprint density at radius 2 is 1.78 bits per heavy atom. The van der Waals surface area contributed by atoms with Crippen LogP contribution in [-0.2, 0) is 9.47 Å². The number of guanidine groups is 1. The van der Waals surface area contributed by atoms with E-state index in [2.05, 4.69) is 43.3 Å². The average Bonchev–Trinajstić information content (AvgIpc) is 2.48. The quantitative estimate of drug-likeness (QED) is 0.198. The van der Waals surface area contributed by atoms with Crippen LogP contribution in [0.15, 0.2) is 4.99 Å². The van der Waals surface area contributed by atoms with Gasteiger partial charge < -0.3 is 20.1 Å². The van der Waals surface area contributed by atoms with Crippen LogP contribution in [0.5, 0.6) is 0 Å². The number of hydrogen-bond acceptors (Lipinski definition) is 3. The van der Waals surface area contributed by atoms with E-state index in [-0.39, 0.29) is 24.0 Å². The molecule has 0 rings (SSSR count). The minimum absolute atomic E-state index is 0. The van der Waals surface area contributed by atoms with E-state index in [1.807, 2.05) is 0 Å². The van der Waals surface area contributed by atoms with Crippen molar-refractivity contribution in [3.8, 4) is 0 Å². The Hall–Kier alpha value is -0.0800. The molecule has 0 saturated heterocycles. The Morgan fingerprint density at radius 1 is 1.04 bits per heavy atom. The molecule has 0 heterocycles. The number of nitrogens with zero attached hydrogens (tertiary/aromatic N) is 1. The van der Waals surface area contributed by atoms with Gasteiger partial charge in [-0.3, -0.25) is 4.99 Å². The van der Waals surface area contributed by atoms with E-state index in [1.165, 1.54) is 12.8 Å². The second kappa shape index (κ2) is 18.3. The molecule has 0 aromatic carbocycles. The van der Waals surface area contributed by atoms with Gasteiger partial charge >= 0.3 is 0 Å². The minimum atomic E-state index is 0. The third-order valence-corrected chi connectivity index (χ3v) is 3.30. The van der Waals surface area contributed by atoms with E-state index < -0.39 is 0 Å². The molecule has 1 atom stereocenters. The fraction of sp³-hybridized carbons (Fsp3) is 0.941. The first kappa shape index (κ1) is 25.2. The van der Waals surface area contributed by atoms with Gasteiger partial charge in [0.1, 0.15) is 0 Å². The SMILES string of the molecule is CCNC(=NCCCCOCCOC)NC(C)CCC(C)C.I. The maximum atomic E-state index is 5.44. The lowest BCUT2D eigenvalue weighted by molar-refractivity contribution is 0.0690. The predicted molar refractivity (Wildman–Crippen MR) is 110 cm³/mol. The summed E-state index contributed by atoms with van der Waals surface area (Å²) in [5, 5.41) is 6.79. The van der Waals surface area contributed by atoms with Crippen LogP contribution in [0.2, 0.25) is 0 Å². The zero-order valence-electron chi connectivity index (χ0n) is 15.7. The lowest BCUT2D eigenvalue weighted by atomic mass is 10.0. The molecule has 0 aliphatic rings. The number of nitrogens with one attached hydrogen (secondary N) is 2. The molecule has 0 aromatic rings. The third-order valence-electron chi connectivity index (χ3n) is 3.30. The van der Waals surface area contributed by atoms with Crippen LogP contribution in [-0.4, -0.2) is 52.0 Å². The second-order valence-corrected chi connectivity index (χ2v) is 6.09. The van der Waals surface area contributed by atoms with Crippen LogP contribution in [0.1, 0.15) is 53.4 Å². The summed E-state index contributed by atoms with van der Waals surface area (Å²) in [5.74, 6) is 1.68. The Labute approximate surface area is 160 Å². The van der Waals surface area contributed by atoms with Crippen molar-refractivity contribution in [2.24, 2.45) is 10.9 Å². The van der Waals surface area contributed by atoms with Crippen molar-refractivity contribution in [3.63, 3.8) is 0 Å². The molecule has 0 amide bonds. The van der Waals surface area contributed by atoms with Crippen molar-refractivity contribution in [2.75, 3.05) is 40.0 Å². The monoisotopic (exact) mass is 443 g/mol. The van der Waals surface area contributed by atoms with Crippen molar-refractivity contribution >= 4 is 29.9 Å². The number of rotatable bonds is 13. The van der Waals surface area contributed by atoms with Crippen molar-refractivity contribution in [2.45, 2.75) is 59.4 Å². The van der Waals surface area contributed by atoms with E-state index >= 15 is 0 Å². The molecule has 0 bridgehead atoms. The van der Waals surface area contributed by atoms with Crippen LogP contribution in [0.25, 0.3) is 0 Å². The summed E-state index contributed by atoms with van der Waals surface area (Å²) in [5.41, 5.74) is 0. The Bertz CT molecular complexity index is 277. The summed E-state index contributed by atoms with van der Waals surface area (Å²) >= 11 is 0. The number of hydrogen-bond donors (Lipinski definition) is 2. The molecule has 6 heteroatoms. The maximum Gasteiger partial charge on any atom is 0.191 e. The first-order chi connectivity index (χ1) is 10.6. The normalized spacial score (nSPS) is 12.9. The van der Waals surface area contributed by atoms with Gasteiger partial charge in [-0.15, -0.1) is 24.0 Å². The average molecular weight is 443 g/mol. The first-order valence-corrected chi connectivity index (χ1v) is 8.71. The standard InChI is InChI=1S/C17H37N3O2.HI/c1-6-18-17(20-16(4)10-9-15(2)3)19-11-7-8-12-22-14-13-21-5;/h15-16H,6-14H2,1-5H3,(H2,18,19,20);1H. The zero-order chi connectivity index (χ0) is 16.6. The summed E-state index contributed by atoms with van der Waals surface area (Å²) < 4.78 is 10.4. The van der Waals surface area contributed by atoms with E-state index in [1.54, 1.807) is 7.11 Å². The highest BCUT2D eigenvalue weighted by atomic mass is 127. The molecule has 2 N–H and O–H groups in total. The van der Waals surface area contributed by atoms with Gasteiger partial charge in [0.25, 0.3) is 0 Å². The molecular weight excluding hydrogens is 405 g/mol. The Kier molecular flexibility index (Phi) is 20.0. The van der Waals surface area contributed by atoms with Gasteiger partial charge in [0.2, 0.25) is 0 Å². The highest BCUT2D eigenvalue weighted by molar-refractivity contribution is 14.0. The summed E-state index contributed by atoms with van der Waals surface area (Å²) in [6, 6.07) is 0.456. The summed E-state index contributed by atoms with van der Waals surface area (Å²) in [4.78, 5) is 4.63. The fourth-order valence-electron chi connectivity index (χ4n) is 1.96. The lowest BCUT2D eigenvalue weighted by Crippen LogP contribution is -2.42. The second-order valence-electron chi connectivity index (χ2n) is 6.09. The molecule has 0 aliphatic carbocycles.